The van der Waals surface area contributed by atoms with Gasteiger partial charge in [-0.25, -0.2) is 4.79 Å². The molecule has 1 atom stereocenters. The molecule has 1 aromatic rings. The SMILES string of the molecule is CC1(C(O)c2ccc(C(=O)O)o2)CCCCC1. The molecule has 4 heteroatoms. The summed E-state index contributed by atoms with van der Waals surface area (Å²) in [5.74, 6) is -0.845. The molecule has 1 saturated carbocycles. The van der Waals surface area contributed by atoms with Gasteiger partial charge in [0.15, 0.2) is 0 Å². The van der Waals surface area contributed by atoms with Gasteiger partial charge in [-0.05, 0) is 25.0 Å². The molecule has 1 unspecified atom stereocenters. The van der Waals surface area contributed by atoms with Crippen LogP contribution in [0.15, 0.2) is 16.5 Å². The Morgan fingerprint density at radius 1 is 1.35 bits per heavy atom. The van der Waals surface area contributed by atoms with E-state index in [1.807, 2.05) is 6.92 Å². The van der Waals surface area contributed by atoms with Crippen LogP contribution >= 0.6 is 0 Å². The van der Waals surface area contributed by atoms with E-state index in [0.717, 1.165) is 25.7 Å². The summed E-state index contributed by atoms with van der Waals surface area (Å²) in [7, 11) is 0. The fraction of sp³-hybridized carbons (Fsp3) is 0.615. The molecule has 0 aromatic carbocycles. The van der Waals surface area contributed by atoms with E-state index in [1.165, 1.54) is 12.5 Å². The maximum Gasteiger partial charge on any atom is 0.371 e. The van der Waals surface area contributed by atoms with Gasteiger partial charge in [0.1, 0.15) is 11.9 Å². The van der Waals surface area contributed by atoms with E-state index in [9.17, 15) is 9.90 Å². The Labute approximate surface area is 100 Å². The van der Waals surface area contributed by atoms with Crippen LogP contribution in [0.3, 0.4) is 0 Å². The zero-order valence-electron chi connectivity index (χ0n) is 9.98. The number of aromatic carboxylic acids is 1. The minimum Gasteiger partial charge on any atom is -0.475 e. The Hall–Kier alpha value is -1.29. The zero-order valence-corrected chi connectivity index (χ0v) is 9.98. The van der Waals surface area contributed by atoms with Crippen LogP contribution in [0.5, 0.6) is 0 Å². The number of aliphatic hydroxyl groups is 1. The van der Waals surface area contributed by atoms with Gasteiger partial charge >= 0.3 is 5.97 Å². The topological polar surface area (TPSA) is 70.7 Å². The average Bonchev–Trinajstić information content (AvgIpc) is 2.78. The first-order valence-corrected chi connectivity index (χ1v) is 6.04. The van der Waals surface area contributed by atoms with E-state index in [2.05, 4.69) is 0 Å². The van der Waals surface area contributed by atoms with Crippen molar-refractivity contribution < 1.29 is 19.4 Å². The summed E-state index contributed by atoms with van der Waals surface area (Å²) in [6.45, 7) is 2.04. The van der Waals surface area contributed by atoms with Crippen LogP contribution < -0.4 is 0 Å². The molecule has 1 aromatic heterocycles. The highest BCUT2D eigenvalue weighted by molar-refractivity contribution is 5.84. The molecule has 1 aliphatic carbocycles. The molecule has 17 heavy (non-hydrogen) atoms. The fourth-order valence-electron chi connectivity index (χ4n) is 2.59. The standard InChI is InChI=1S/C13H18O4/c1-13(7-3-2-4-8-13)11(14)9-5-6-10(17-9)12(15)16/h5-6,11,14H,2-4,7-8H2,1H3,(H,15,16). The van der Waals surface area contributed by atoms with Crippen molar-refractivity contribution in [3.05, 3.63) is 23.7 Å². The molecule has 2 N–H and O–H groups in total. The Balaban J connectivity index is 2.17. The lowest BCUT2D eigenvalue weighted by Crippen LogP contribution is -2.27. The third-order valence-electron chi connectivity index (χ3n) is 3.76. The first-order valence-electron chi connectivity index (χ1n) is 6.04. The van der Waals surface area contributed by atoms with Crippen molar-refractivity contribution >= 4 is 5.97 Å². The summed E-state index contributed by atoms with van der Waals surface area (Å²) in [4.78, 5) is 10.7. The minimum atomic E-state index is -1.10. The number of carbonyl (C=O) groups is 1. The van der Waals surface area contributed by atoms with Gasteiger partial charge in [-0.2, -0.15) is 0 Å². The molecular weight excluding hydrogens is 220 g/mol. The lowest BCUT2D eigenvalue weighted by atomic mass is 9.71. The average molecular weight is 238 g/mol. The van der Waals surface area contributed by atoms with Crippen molar-refractivity contribution in [1.82, 2.24) is 0 Å². The smallest absolute Gasteiger partial charge is 0.371 e. The molecule has 94 valence electrons. The fourth-order valence-corrected chi connectivity index (χ4v) is 2.59. The number of rotatable bonds is 3. The predicted octanol–water partition coefficient (Wildman–Crippen LogP) is 2.98. The van der Waals surface area contributed by atoms with E-state index in [-0.39, 0.29) is 11.2 Å². The highest BCUT2D eigenvalue weighted by Gasteiger charge is 2.37. The molecule has 2 rings (SSSR count). The number of aliphatic hydroxyl groups excluding tert-OH is 1. The lowest BCUT2D eigenvalue weighted by Gasteiger charge is -2.36. The Morgan fingerprint density at radius 2 is 2.00 bits per heavy atom. The highest BCUT2D eigenvalue weighted by Crippen LogP contribution is 2.45. The third-order valence-corrected chi connectivity index (χ3v) is 3.76. The van der Waals surface area contributed by atoms with Crippen molar-refractivity contribution in [2.45, 2.75) is 45.1 Å². The molecule has 0 saturated heterocycles. The van der Waals surface area contributed by atoms with E-state index in [4.69, 9.17) is 9.52 Å². The number of furan rings is 1. The van der Waals surface area contributed by atoms with Gasteiger partial charge < -0.3 is 14.6 Å². The Bertz CT molecular complexity index is 401. The normalized spacial score (nSPS) is 21.1. The van der Waals surface area contributed by atoms with Crippen molar-refractivity contribution in [2.75, 3.05) is 0 Å². The van der Waals surface area contributed by atoms with Crippen LogP contribution in [0, 0.1) is 5.41 Å². The minimum absolute atomic E-state index is 0.113. The number of carboxylic acid groups (broad SMARTS) is 1. The molecule has 1 heterocycles. The van der Waals surface area contributed by atoms with E-state index in [0.29, 0.717) is 5.76 Å². The molecule has 0 radical (unpaired) electrons. The summed E-state index contributed by atoms with van der Waals surface area (Å²) < 4.78 is 5.18. The van der Waals surface area contributed by atoms with Gasteiger partial charge in [-0.3, -0.25) is 0 Å². The summed E-state index contributed by atoms with van der Waals surface area (Å²) in [6, 6.07) is 2.96. The Morgan fingerprint density at radius 3 is 2.53 bits per heavy atom. The van der Waals surface area contributed by atoms with Crippen LogP contribution in [0.1, 0.15) is 61.4 Å². The van der Waals surface area contributed by atoms with Gasteiger partial charge in [-0.1, -0.05) is 26.2 Å². The maximum absolute atomic E-state index is 10.7. The van der Waals surface area contributed by atoms with E-state index < -0.39 is 12.1 Å². The zero-order chi connectivity index (χ0) is 12.5. The van der Waals surface area contributed by atoms with Gasteiger partial charge in [-0.15, -0.1) is 0 Å². The largest absolute Gasteiger partial charge is 0.475 e. The summed E-state index contributed by atoms with van der Waals surface area (Å²) in [5.41, 5.74) is -0.189. The van der Waals surface area contributed by atoms with Gasteiger partial charge in [0, 0.05) is 5.41 Å². The van der Waals surface area contributed by atoms with Crippen LogP contribution in [0.2, 0.25) is 0 Å². The number of carboxylic acids is 1. The number of hydrogen-bond acceptors (Lipinski definition) is 3. The molecule has 0 spiro atoms. The molecule has 0 bridgehead atoms. The summed E-state index contributed by atoms with van der Waals surface area (Å²) in [6.07, 6.45) is 4.63. The van der Waals surface area contributed by atoms with Crippen molar-refractivity contribution in [1.29, 1.82) is 0 Å². The Kier molecular flexibility index (Phi) is 3.24. The monoisotopic (exact) mass is 238 g/mol. The molecule has 1 aliphatic rings. The molecule has 0 aliphatic heterocycles. The summed E-state index contributed by atoms with van der Waals surface area (Å²) in [5, 5.41) is 19.1. The molecule has 1 fully saturated rings. The van der Waals surface area contributed by atoms with Crippen LogP contribution in [-0.2, 0) is 0 Å². The van der Waals surface area contributed by atoms with E-state index >= 15 is 0 Å². The first-order chi connectivity index (χ1) is 8.03. The van der Waals surface area contributed by atoms with Crippen molar-refractivity contribution in [2.24, 2.45) is 5.41 Å². The van der Waals surface area contributed by atoms with Crippen LogP contribution in [0.25, 0.3) is 0 Å². The van der Waals surface area contributed by atoms with Crippen LogP contribution in [0.4, 0.5) is 0 Å². The summed E-state index contributed by atoms with van der Waals surface area (Å²) >= 11 is 0. The van der Waals surface area contributed by atoms with Gasteiger partial charge in [0.2, 0.25) is 5.76 Å². The first kappa shape index (κ1) is 12.2. The van der Waals surface area contributed by atoms with Crippen molar-refractivity contribution in [3.63, 3.8) is 0 Å². The van der Waals surface area contributed by atoms with E-state index in [1.54, 1.807) is 6.07 Å². The van der Waals surface area contributed by atoms with Crippen LogP contribution in [-0.4, -0.2) is 16.2 Å². The number of hydrogen-bond donors (Lipinski definition) is 2. The quantitative estimate of drug-likeness (QED) is 0.849. The maximum atomic E-state index is 10.7. The second-order valence-electron chi connectivity index (χ2n) is 5.12. The predicted molar refractivity (Wildman–Crippen MR) is 61.8 cm³/mol. The highest BCUT2D eigenvalue weighted by atomic mass is 16.4. The van der Waals surface area contributed by atoms with Gasteiger partial charge in [0.25, 0.3) is 0 Å². The second kappa shape index (κ2) is 4.53. The molecule has 4 nitrogen and oxygen atoms in total. The second-order valence-corrected chi connectivity index (χ2v) is 5.12. The molecule has 0 amide bonds. The van der Waals surface area contributed by atoms with Crippen molar-refractivity contribution in [3.8, 4) is 0 Å². The molecular formula is C13H18O4. The van der Waals surface area contributed by atoms with Gasteiger partial charge in [0.05, 0.1) is 0 Å². The lowest BCUT2D eigenvalue weighted by molar-refractivity contribution is -0.00706. The third kappa shape index (κ3) is 2.36.